The number of benzene rings is 4. The molecular formula is C49H65ClN4O4. The Labute approximate surface area is 353 Å². The van der Waals surface area contributed by atoms with Gasteiger partial charge >= 0.3 is 6.09 Å². The van der Waals surface area contributed by atoms with Crippen LogP contribution in [-0.2, 0) is 17.8 Å². The molecule has 0 atom stereocenters. The molecule has 4 aliphatic heterocycles. The molecule has 4 aromatic carbocycles. The number of amides is 1. The molecule has 4 saturated heterocycles. The van der Waals surface area contributed by atoms with Crippen LogP contribution in [0.4, 0.5) is 4.79 Å². The van der Waals surface area contributed by atoms with E-state index in [-0.39, 0.29) is 18.5 Å². The molecule has 312 valence electrons. The highest BCUT2D eigenvalue weighted by molar-refractivity contribution is 5.85. The Balaban J connectivity index is 0.000000198. The van der Waals surface area contributed by atoms with Gasteiger partial charge in [-0.05, 0) is 159 Å². The van der Waals surface area contributed by atoms with Gasteiger partial charge in [0.1, 0.15) is 28.6 Å². The van der Waals surface area contributed by atoms with E-state index in [1.54, 1.807) is 0 Å². The number of piperidine rings is 4. The summed E-state index contributed by atoms with van der Waals surface area (Å²) in [4.78, 5) is 19.4. The third-order valence-corrected chi connectivity index (χ3v) is 12.6. The smallest absolute Gasteiger partial charge is 0.410 e. The summed E-state index contributed by atoms with van der Waals surface area (Å²) >= 11 is 0. The zero-order chi connectivity index (χ0) is 39.6. The summed E-state index contributed by atoms with van der Waals surface area (Å²) < 4.78 is 17.8. The fraction of sp³-hybridized carbons (Fsp3) is 0.490. The molecule has 9 heteroatoms. The van der Waals surface area contributed by atoms with Crippen molar-refractivity contribution in [3.8, 4) is 23.0 Å². The van der Waals surface area contributed by atoms with Gasteiger partial charge in [-0.15, -0.1) is 12.4 Å². The highest BCUT2D eigenvalue weighted by Gasteiger charge is 2.39. The molecule has 4 aromatic rings. The summed E-state index contributed by atoms with van der Waals surface area (Å²) in [6.07, 6.45) is 9.77. The van der Waals surface area contributed by atoms with Gasteiger partial charge in [0.25, 0.3) is 0 Å². The number of ether oxygens (including phenoxy) is 3. The van der Waals surface area contributed by atoms with Gasteiger partial charge in [-0.2, -0.15) is 0 Å². The number of carbonyl (C=O) groups is 1. The maximum atomic E-state index is 12.4. The molecule has 0 aliphatic carbocycles. The molecule has 0 bridgehead atoms. The molecule has 0 saturated carbocycles. The molecule has 8 rings (SSSR count). The molecule has 58 heavy (non-hydrogen) atoms. The van der Waals surface area contributed by atoms with Gasteiger partial charge in [0.05, 0.1) is 0 Å². The highest BCUT2D eigenvalue weighted by atomic mass is 35.5. The van der Waals surface area contributed by atoms with Gasteiger partial charge in [0.2, 0.25) is 0 Å². The van der Waals surface area contributed by atoms with Gasteiger partial charge in [-0.3, -0.25) is 9.80 Å². The van der Waals surface area contributed by atoms with Crippen LogP contribution >= 0.6 is 12.4 Å². The van der Waals surface area contributed by atoms with Crippen molar-refractivity contribution in [1.29, 1.82) is 0 Å². The first-order chi connectivity index (χ1) is 27.6. The number of rotatable bonds is 8. The first kappa shape index (κ1) is 43.5. The van der Waals surface area contributed by atoms with Crippen molar-refractivity contribution < 1.29 is 19.0 Å². The topological polar surface area (TPSA) is 66.5 Å². The minimum Gasteiger partial charge on any atom is -0.457 e. The second-order valence-corrected chi connectivity index (χ2v) is 17.8. The Morgan fingerprint density at radius 3 is 1.36 bits per heavy atom. The van der Waals surface area contributed by atoms with Gasteiger partial charge in [0, 0.05) is 37.3 Å². The molecule has 0 unspecified atom stereocenters. The normalized spacial score (nSPS) is 19.3. The fourth-order valence-electron chi connectivity index (χ4n) is 9.00. The lowest BCUT2D eigenvalue weighted by atomic mass is 9.71. The van der Waals surface area contributed by atoms with Crippen LogP contribution < -0.4 is 14.8 Å². The van der Waals surface area contributed by atoms with Crippen molar-refractivity contribution in [2.75, 3.05) is 52.4 Å². The van der Waals surface area contributed by atoms with Crippen LogP contribution in [0.25, 0.3) is 0 Å². The Hall–Kier alpha value is -4.08. The van der Waals surface area contributed by atoms with Crippen molar-refractivity contribution in [3.05, 3.63) is 120 Å². The van der Waals surface area contributed by atoms with Crippen LogP contribution in [0, 0.1) is 10.8 Å². The predicted molar refractivity (Wildman–Crippen MR) is 236 cm³/mol. The summed E-state index contributed by atoms with van der Waals surface area (Å²) in [6, 6.07) is 36.9. The number of nitrogens with zero attached hydrogens (tertiary/aromatic N) is 3. The van der Waals surface area contributed by atoms with E-state index in [1.807, 2.05) is 92.4 Å². The number of hydrogen-bond donors (Lipinski definition) is 1. The molecule has 8 nitrogen and oxygen atoms in total. The van der Waals surface area contributed by atoms with Gasteiger partial charge in [0.15, 0.2) is 0 Å². The van der Waals surface area contributed by atoms with Gasteiger partial charge < -0.3 is 24.4 Å². The molecule has 1 amide bonds. The summed E-state index contributed by atoms with van der Waals surface area (Å²) in [5.41, 5.74) is 3.06. The van der Waals surface area contributed by atoms with E-state index in [4.69, 9.17) is 14.2 Å². The first-order valence-corrected chi connectivity index (χ1v) is 21.4. The van der Waals surface area contributed by atoms with Crippen LogP contribution in [0.5, 0.6) is 23.0 Å². The van der Waals surface area contributed by atoms with E-state index in [0.29, 0.717) is 10.8 Å². The summed E-state index contributed by atoms with van der Waals surface area (Å²) in [5.74, 6) is 3.69. The number of hydrogen-bond acceptors (Lipinski definition) is 7. The van der Waals surface area contributed by atoms with Crippen molar-refractivity contribution in [2.24, 2.45) is 10.8 Å². The lowest BCUT2D eigenvalue weighted by molar-refractivity contribution is -0.00315. The zero-order valence-corrected chi connectivity index (χ0v) is 35.8. The van der Waals surface area contributed by atoms with E-state index in [9.17, 15) is 4.79 Å². The third kappa shape index (κ3) is 12.2. The Bertz CT molecular complexity index is 1840. The number of nitrogens with one attached hydrogen (secondary N) is 1. The minimum atomic E-state index is -0.432. The quantitative estimate of drug-likeness (QED) is 0.190. The van der Waals surface area contributed by atoms with E-state index < -0.39 is 5.60 Å². The van der Waals surface area contributed by atoms with Gasteiger partial charge in [-0.25, -0.2) is 4.79 Å². The Kier molecular flexibility index (Phi) is 15.2. The van der Waals surface area contributed by atoms with Crippen LogP contribution in [0.1, 0.15) is 83.3 Å². The summed E-state index contributed by atoms with van der Waals surface area (Å²) in [5, 5.41) is 3.51. The fourth-order valence-corrected chi connectivity index (χ4v) is 9.00. The molecule has 4 aliphatic rings. The summed E-state index contributed by atoms with van der Waals surface area (Å²) in [6.45, 7) is 16.3. The Morgan fingerprint density at radius 2 is 0.931 bits per heavy atom. The van der Waals surface area contributed by atoms with E-state index in [2.05, 4.69) is 57.6 Å². The summed E-state index contributed by atoms with van der Waals surface area (Å²) in [7, 11) is 0. The van der Waals surface area contributed by atoms with Crippen LogP contribution in [-0.4, -0.2) is 78.8 Å². The van der Waals surface area contributed by atoms with Crippen LogP contribution in [0.2, 0.25) is 0 Å². The maximum Gasteiger partial charge on any atom is 0.410 e. The van der Waals surface area contributed by atoms with Crippen LogP contribution in [0.3, 0.4) is 0 Å². The van der Waals surface area contributed by atoms with Crippen molar-refractivity contribution in [2.45, 2.75) is 90.8 Å². The molecule has 4 fully saturated rings. The number of para-hydroxylation sites is 4. The highest BCUT2D eigenvalue weighted by Crippen LogP contribution is 2.43. The van der Waals surface area contributed by atoms with Crippen LogP contribution in [0.15, 0.2) is 109 Å². The lowest BCUT2D eigenvalue weighted by Gasteiger charge is -2.47. The Morgan fingerprint density at radius 1 is 0.552 bits per heavy atom. The van der Waals surface area contributed by atoms with Crippen molar-refractivity contribution in [1.82, 2.24) is 20.0 Å². The molecule has 1 N–H and O–H groups in total. The molecule has 0 aromatic heterocycles. The zero-order valence-electron chi connectivity index (χ0n) is 35.0. The second kappa shape index (κ2) is 20.3. The van der Waals surface area contributed by atoms with Crippen molar-refractivity contribution >= 4 is 18.5 Å². The molecule has 4 heterocycles. The van der Waals surface area contributed by atoms with Crippen molar-refractivity contribution in [3.63, 3.8) is 0 Å². The number of halogens is 1. The first-order valence-electron chi connectivity index (χ1n) is 21.4. The maximum absolute atomic E-state index is 12.4. The average Bonchev–Trinajstić information content (AvgIpc) is 3.22. The number of likely N-dealkylation sites (tertiary alicyclic amines) is 3. The molecule has 0 radical (unpaired) electrons. The second-order valence-electron chi connectivity index (χ2n) is 17.8. The predicted octanol–water partition coefficient (Wildman–Crippen LogP) is 11.0. The van der Waals surface area contributed by atoms with E-state index in [1.165, 1.54) is 75.8 Å². The lowest BCUT2D eigenvalue weighted by Crippen LogP contribution is -2.49. The van der Waals surface area contributed by atoms with Gasteiger partial charge in [-0.1, -0.05) is 72.8 Å². The molecule has 2 spiro atoms. The standard InChI is InChI=1S/C27H36N2O3.C22H28N2O.ClH/c1-26(2,3)32-25(30)29-19-15-27(16-20-29)13-17-28(18-14-27)21-22-9-7-8-12-24(22)31-23-10-5-4-6-11-23;1-2-7-20(8-3-1)25-21-9-5-4-6-19(21)18-24-16-12-22(13-17-24)10-14-23-15-11-22;/h4-12H,13-21H2,1-3H3;1-9,23H,10-18H2;1H. The SMILES string of the molecule is CC(C)(C)OC(=O)N1CCC2(CCN(Cc3ccccc3Oc3ccccc3)CC2)CC1.Cl.c1ccc(Oc2ccccc2CN2CCC3(CCNCC3)CC2)cc1. The molecular weight excluding hydrogens is 744 g/mol. The monoisotopic (exact) mass is 808 g/mol. The van der Waals surface area contributed by atoms with E-state index in [0.717, 1.165) is 75.1 Å². The third-order valence-electron chi connectivity index (χ3n) is 12.6. The average molecular weight is 810 g/mol. The largest absolute Gasteiger partial charge is 0.457 e. The van der Waals surface area contributed by atoms with E-state index >= 15 is 0 Å². The number of carbonyl (C=O) groups excluding carboxylic acids is 1. The minimum absolute atomic E-state index is 0.